The maximum absolute atomic E-state index is 5.29. The lowest BCUT2D eigenvalue weighted by atomic mass is 10.1. The van der Waals surface area contributed by atoms with Crippen LogP contribution in [0.3, 0.4) is 0 Å². The van der Waals surface area contributed by atoms with E-state index < -0.39 is 0 Å². The molecular formula is C8H12O. The Morgan fingerprint density at radius 3 is 2.56 bits per heavy atom. The lowest BCUT2D eigenvalue weighted by molar-refractivity contribution is 0.0825. The van der Waals surface area contributed by atoms with Crippen LogP contribution in [0.2, 0.25) is 0 Å². The van der Waals surface area contributed by atoms with E-state index in [4.69, 9.17) is 4.74 Å². The summed E-state index contributed by atoms with van der Waals surface area (Å²) in [6, 6.07) is 0. The molecule has 0 spiro atoms. The SMILES string of the molecule is CO[C@H]1C[C@@H]2C=C[C@H]1C2. The summed E-state index contributed by atoms with van der Waals surface area (Å²) >= 11 is 0. The highest BCUT2D eigenvalue weighted by Gasteiger charge is 2.35. The largest absolute Gasteiger partial charge is 0.381 e. The van der Waals surface area contributed by atoms with Crippen molar-refractivity contribution in [3.05, 3.63) is 12.2 Å². The van der Waals surface area contributed by atoms with Gasteiger partial charge in [0.2, 0.25) is 0 Å². The minimum absolute atomic E-state index is 0.542. The average Bonchev–Trinajstić information content (AvgIpc) is 2.45. The molecule has 0 unspecified atom stereocenters. The van der Waals surface area contributed by atoms with E-state index in [9.17, 15) is 0 Å². The van der Waals surface area contributed by atoms with Crippen LogP contribution >= 0.6 is 0 Å². The number of ether oxygens (including phenoxy) is 1. The third-order valence-electron chi connectivity index (χ3n) is 2.52. The Bertz CT molecular complexity index is 140. The first-order chi connectivity index (χ1) is 4.40. The van der Waals surface area contributed by atoms with Gasteiger partial charge in [-0.1, -0.05) is 12.2 Å². The summed E-state index contributed by atoms with van der Waals surface area (Å²) < 4.78 is 5.29. The van der Waals surface area contributed by atoms with E-state index in [0.717, 1.165) is 11.8 Å². The fraction of sp³-hybridized carbons (Fsp3) is 0.750. The first-order valence-corrected chi connectivity index (χ1v) is 3.61. The first kappa shape index (κ1) is 5.48. The Morgan fingerprint density at radius 2 is 2.22 bits per heavy atom. The van der Waals surface area contributed by atoms with Gasteiger partial charge in [-0.2, -0.15) is 0 Å². The van der Waals surface area contributed by atoms with E-state index in [2.05, 4.69) is 12.2 Å². The Kier molecular flexibility index (Phi) is 1.12. The number of allylic oxidation sites excluding steroid dienone is 1. The van der Waals surface area contributed by atoms with Crippen LogP contribution in [0, 0.1) is 11.8 Å². The van der Waals surface area contributed by atoms with Crippen LogP contribution < -0.4 is 0 Å². The van der Waals surface area contributed by atoms with Gasteiger partial charge in [-0.25, -0.2) is 0 Å². The Labute approximate surface area is 55.7 Å². The molecule has 0 aromatic rings. The minimum Gasteiger partial charge on any atom is -0.381 e. The lowest BCUT2D eigenvalue weighted by Crippen LogP contribution is -2.15. The molecule has 0 radical (unpaired) electrons. The van der Waals surface area contributed by atoms with Crippen molar-refractivity contribution in [1.29, 1.82) is 0 Å². The molecule has 0 aliphatic heterocycles. The van der Waals surface area contributed by atoms with Crippen molar-refractivity contribution in [1.82, 2.24) is 0 Å². The summed E-state index contributed by atoms with van der Waals surface area (Å²) in [4.78, 5) is 0. The number of hydrogen-bond acceptors (Lipinski definition) is 1. The number of methoxy groups -OCH3 is 1. The van der Waals surface area contributed by atoms with Gasteiger partial charge in [-0.05, 0) is 18.8 Å². The molecule has 1 saturated carbocycles. The normalized spacial score (nSPS) is 46.6. The van der Waals surface area contributed by atoms with Gasteiger partial charge >= 0.3 is 0 Å². The van der Waals surface area contributed by atoms with E-state index in [0.29, 0.717) is 6.10 Å². The van der Waals surface area contributed by atoms with Gasteiger partial charge < -0.3 is 4.74 Å². The fourth-order valence-electron chi connectivity index (χ4n) is 2.00. The van der Waals surface area contributed by atoms with Crippen molar-refractivity contribution in [3.8, 4) is 0 Å². The smallest absolute Gasteiger partial charge is 0.0639 e. The molecule has 50 valence electrons. The van der Waals surface area contributed by atoms with E-state index in [-0.39, 0.29) is 0 Å². The van der Waals surface area contributed by atoms with Gasteiger partial charge in [0.1, 0.15) is 0 Å². The number of hydrogen-bond donors (Lipinski definition) is 0. The fourth-order valence-corrected chi connectivity index (χ4v) is 2.00. The van der Waals surface area contributed by atoms with Crippen molar-refractivity contribution in [2.75, 3.05) is 7.11 Å². The van der Waals surface area contributed by atoms with Crippen LogP contribution in [0.1, 0.15) is 12.8 Å². The standard InChI is InChI=1S/C8H12O/c1-9-8-5-6-2-3-7(8)4-6/h2-3,6-8H,4-5H2,1H3/t6-,7+,8+/m1/s1. The van der Waals surface area contributed by atoms with Crippen molar-refractivity contribution in [2.45, 2.75) is 18.9 Å². The monoisotopic (exact) mass is 124 g/mol. The lowest BCUT2D eigenvalue weighted by Gasteiger charge is -2.14. The van der Waals surface area contributed by atoms with Gasteiger partial charge in [0.25, 0.3) is 0 Å². The Balaban J connectivity index is 2.10. The second kappa shape index (κ2) is 1.84. The molecule has 3 atom stereocenters. The summed E-state index contributed by atoms with van der Waals surface area (Å²) in [5.74, 6) is 1.60. The van der Waals surface area contributed by atoms with E-state index in [1.807, 2.05) is 7.11 Å². The maximum atomic E-state index is 5.29. The topological polar surface area (TPSA) is 9.23 Å². The van der Waals surface area contributed by atoms with E-state index in [1.54, 1.807) is 0 Å². The van der Waals surface area contributed by atoms with Crippen LogP contribution in [-0.4, -0.2) is 13.2 Å². The molecule has 1 nitrogen and oxygen atoms in total. The van der Waals surface area contributed by atoms with Gasteiger partial charge in [0.05, 0.1) is 6.10 Å². The third kappa shape index (κ3) is 0.715. The molecule has 2 bridgehead atoms. The number of fused-ring (bicyclic) bond motifs is 2. The van der Waals surface area contributed by atoms with Crippen LogP contribution in [0.4, 0.5) is 0 Å². The molecule has 1 heteroatoms. The molecule has 0 aromatic carbocycles. The molecule has 1 fully saturated rings. The van der Waals surface area contributed by atoms with Crippen molar-refractivity contribution < 1.29 is 4.74 Å². The molecule has 2 aliphatic rings. The summed E-state index contributed by atoms with van der Waals surface area (Å²) in [5, 5.41) is 0. The zero-order valence-electron chi connectivity index (χ0n) is 5.71. The van der Waals surface area contributed by atoms with Gasteiger partial charge in [0.15, 0.2) is 0 Å². The highest BCUT2D eigenvalue weighted by atomic mass is 16.5. The molecule has 0 N–H and O–H groups in total. The first-order valence-electron chi connectivity index (χ1n) is 3.61. The molecule has 2 aliphatic carbocycles. The zero-order valence-corrected chi connectivity index (χ0v) is 5.71. The summed E-state index contributed by atoms with van der Waals surface area (Å²) in [6.07, 6.45) is 7.79. The molecule has 0 saturated heterocycles. The van der Waals surface area contributed by atoms with E-state index in [1.165, 1.54) is 12.8 Å². The highest BCUT2D eigenvalue weighted by Crippen LogP contribution is 2.40. The summed E-state index contributed by atoms with van der Waals surface area (Å²) in [6.45, 7) is 0. The van der Waals surface area contributed by atoms with Crippen molar-refractivity contribution in [2.24, 2.45) is 11.8 Å². The predicted molar refractivity (Wildman–Crippen MR) is 36.2 cm³/mol. The average molecular weight is 124 g/mol. The van der Waals surface area contributed by atoms with Crippen LogP contribution in [-0.2, 0) is 4.74 Å². The molecular weight excluding hydrogens is 112 g/mol. The molecule has 9 heavy (non-hydrogen) atoms. The maximum Gasteiger partial charge on any atom is 0.0639 e. The molecule has 2 rings (SSSR count). The van der Waals surface area contributed by atoms with Gasteiger partial charge in [-0.3, -0.25) is 0 Å². The third-order valence-corrected chi connectivity index (χ3v) is 2.52. The molecule has 0 heterocycles. The minimum atomic E-state index is 0.542. The van der Waals surface area contributed by atoms with Gasteiger partial charge in [-0.15, -0.1) is 0 Å². The van der Waals surface area contributed by atoms with E-state index >= 15 is 0 Å². The Hall–Kier alpha value is -0.300. The summed E-state index contributed by atoms with van der Waals surface area (Å²) in [5.41, 5.74) is 0. The summed E-state index contributed by atoms with van der Waals surface area (Å²) in [7, 11) is 1.82. The predicted octanol–water partition coefficient (Wildman–Crippen LogP) is 1.60. The Morgan fingerprint density at radius 1 is 1.33 bits per heavy atom. The molecule has 0 amide bonds. The van der Waals surface area contributed by atoms with Crippen LogP contribution in [0.5, 0.6) is 0 Å². The second-order valence-electron chi connectivity index (χ2n) is 3.05. The van der Waals surface area contributed by atoms with Crippen LogP contribution in [0.15, 0.2) is 12.2 Å². The second-order valence-corrected chi connectivity index (χ2v) is 3.05. The van der Waals surface area contributed by atoms with Crippen LogP contribution in [0.25, 0.3) is 0 Å². The van der Waals surface area contributed by atoms with Crippen molar-refractivity contribution in [3.63, 3.8) is 0 Å². The molecule has 0 aromatic heterocycles. The zero-order chi connectivity index (χ0) is 6.27. The number of rotatable bonds is 1. The van der Waals surface area contributed by atoms with Crippen molar-refractivity contribution >= 4 is 0 Å². The quantitative estimate of drug-likeness (QED) is 0.482. The van der Waals surface area contributed by atoms with Gasteiger partial charge in [0, 0.05) is 13.0 Å². The highest BCUT2D eigenvalue weighted by molar-refractivity contribution is 5.10.